The lowest BCUT2D eigenvalue weighted by molar-refractivity contribution is -0.113. The summed E-state index contributed by atoms with van der Waals surface area (Å²) < 4.78 is 6.94. The van der Waals surface area contributed by atoms with Crippen LogP contribution < -0.4 is 10.9 Å². The number of fused-ring (bicyclic) bond motifs is 1. The number of pyridine rings is 1. The fourth-order valence-corrected chi connectivity index (χ4v) is 5.21. The average molecular weight is 463 g/mol. The van der Waals surface area contributed by atoms with Crippen LogP contribution in [-0.4, -0.2) is 31.9 Å². The molecule has 4 aromatic rings. The third kappa shape index (κ3) is 4.21. The summed E-state index contributed by atoms with van der Waals surface area (Å²) in [5.74, 6) is 1.89. The van der Waals surface area contributed by atoms with E-state index in [2.05, 4.69) is 10.3 Å². The Labute approximate surface area is 192 Å². The number of carbonyl (C=O) groups is 1. The third-order valence-electron chi connectivity index (χ3n) is 4.85. The van der Waals surface area contributed by atoms with Gasteiger partial charge in [0, 0.05) is 23.9 Å². The monoisotopic (exact) mass is 462 g/mol. The van der Waals surface area contributed by atoms with Crippen molar-refractivity contribution in [3.63, 3.8) is 0 Å². The number of rotatable bonds is 6. The van der Waals surface area contributed by atoms with Crippen molar-refractivity contribution in [1.29, 1.82) is 0 Å². The zero-order valence-corrected chi connectivity index (χ0v) is 18.5. The fraction of sp³-hybridized carbons (Fsp3) is 0.130. The Balaban J connectivity index is 1.33. The Morgan fingerprint density at radius 3 is 2.78 bits per heavy atom. The molecule has 1 N–H and O–H groups in total. The number of aryl methyl sites for hydroxylation is 1. The standard InChI is InChI=1S/C23H18N4O3S2/c28-20(26-19-9-8-15(13-24-19)18-7-4-11-30-18)14-32-23-25-17-10-12-31-21(17)22(29)27(23)16-5-2-1-3-6-16/h1-9,11,13H,10,12,14H2,(H,24,26,28). The summed E-state index contributed by atoms with van der Waals surface area (Å²) in [5, 5.41) is 3.30. The van der Waals surface area contributed by atoms with Crippen LogP contribution in [0.1, 0.15) is 5.69 Å². The number of thioether (sulfide) groups is 2. The van der Waals surface area contributed by atoms with Crippen molar-refractivity contribution in [2.45, 2.75) is 16.5 Å². The molecule has 0 aliphatic carbocycles. The fourth-order valence-electron chi connectivity index (χ4n) is 3.36. The number of hydrogen-bond donors (Lipinski definition) is 1. The van der Waals surface area contributed by atoms with Gasteiger partial charge in [0.2, 0.25) is 5.91 Å². The molecule has 0 atom stereocenters. The number of benzene rings is 1. The van der Waals surface area contributed by atoms with Gasteiger partial charge < -0.3 is 9.73 Å². The Kier molecular flexibility index (Phi) is 5.83. The van der Waals surface area contributed by atoms with Crippen LogP contribution in [0.4, 0.5) is 5.82 Å². The first kappa shape index (κ1) is 20.6. The van der Waals surface area contributed by atoms with E-state index in [1.165, 1.54) is 23.5 Å². The van der Waals surface area contributed by atoms with Crippen LogP contribution in [0.5, 0.6) is 0 Å². The molecule has 1 aromatic carbocycles. The summed E-state index contributed by atoms with van der Waals surface area (Å²) in [6.07, 6.45) is 4.01. The van der Waals surface area contributed by atoms with Gasteiger partial charge in [-0.15, -0.1) is 11.8 Å². The lowest BCUT2D eigenvalue weighted by atomic mass is 10.2. The van der Waals surface area contributed by atoms with Gasteiger partial charge in [-0.3, -0.25) is 14.2 Å². The number of aromatic nitrogens is 3. The zero-order valence-electron chi connectivity index (χ0n) is 16.9. The first-order chi connectivity index (χ1) is 15.7. The summed E-state index contributed by atoms with van der Waals surface area (Å²) in [6.45, 7) is 0. The maximum absolute atomic E-state index is 13.1. The summed E-state index contributed by atoms with van der Waals surface area (Å²) in [4.78, 5) is 35.4. The van der Waals surface area contributed by atoms with Gasteiger partial charge in [0.1, 0.15) is 11.6 Å². The van der Waals surface area contributed by atoms with Gasteiger partial charge in [-0.25, -0.2) is 9.97 Å². The van der Waals surface area contributed by atoms with E-state index in [0.717, 1.165) is 29.1 Å². The second-order valence-corrected chi connectivity index (χ2v) is 9.04. The van der Waals surface area contributed by atoms with Crippen molar-refractivity contribution >= 4 is 35.2 Å². The second-order valence-electron chi connectivity index (χ2n) is 6.99. The van der Waals surface area contributed by atoms with E-state index in [9.17, 15) is 9.59 Å². The number of hydrogen-bond acceptors (Lipinski definition) is 7. The quantitative estimate of drug-likeness (QED) is 0.338. The number of anilines is 1. The topological polar surface area (TPSA) is 90.0 Å². The van der Waals surface area contributed by atoms with E-state index in [1.807, 2.05) is 48.5 Å². The molecular weight excluding hydrogens is 444 g/mol. The normalized spacial score (nSPS) is 12.5. The van der Waals surface area contributed by atoms with Gasteiger partial charge in [-0.2, -0.15) is 0 Å². The molecule has 0 saturated heterocycles. The Morgan fingerprint density at radius 2 is 2.03 bits per heavy atom. The largest absolute Gasteiger partial charge is 0.464 e. The zero-order chi connectivity index (χ0) is 21.9. The first-order valence-corrected chi connectivity index (χ1v) is 11.9. The summed E-state index contributed by atoms with van der Waals surface area (Å²) in [7, 11) is 0. The molecule has 1 aliphatic rings. The number of carbonyl (C=O) groups excluding carboxylic acids is 1. The highest BCUT2D eigenvalue weighted by molar-refractivity contribution is 8.00. The van der Waals surface area contributed by atoms with Crippen molar-refractivity contribution in [2.24, 2.45) is 0 Å². The van der Waals surface area contributed by atoms with Crippen molar-refractivity contribution in [2.75, 3.05) is 16.8 Å². The molecule has 0 bridgehead atoms. The van der Waals surface area contributed by atoms with E-state index < -0.39 is 0 Å². The number of furan rings is 1. The van der Waals surface area contributed by atoms with Gasteiger partial charge in [0.05, 0.1) is 28.3 Å². The highest BCUT2D eigenvalue weighted by Crippen LogP contribution is 2.30. The van der Waals surface area contributed by atoms with E-state index in [1.54, 1.807) is 23.1 Å². The number of para-hydroxylation sites is 1. The van der Waals surface area contributed by atoms with E-state index >= 15 is 0 Å². The number of nitrogens with zero attached hydrogens (tertiary/aromatic N) is 3. The molecular formula is C23H18N4O3S2. The minimum Gasteiger partial charge on any atom is -0.464 e. The molecule has 1 aliphatic heterocycles. The summed E-state index contributed by atoms with van der Waals surface area (Å²) >= 11 is 2.78. The Morgan fingerprint density at radius 1 is 1.16 bits per heavy atom. The maximum atomic E-state index is 13.1. The molecule has 0 unspecified atom stereocenters. The Bertz CT molecular complexity index is 1300. The molecule has 32 heavy (non-hydrogen) atoms. The second kappa shape index (κ2) is 9.05. The minimum atomic E-state index is -0.225. The predicted octanol–water partition coefficient (Wildman–Crippen LogP) is 4.27. The van der Waals surface area contributed by atoms with Gasteiger partial charge in [0.25, 0.3) is 5.56 Å². The van der Waals surface area contributed by atoms with Crippen LogP contribution in [0.2, 0.25) is 0 Å². The highest BCUT2D eigenvalue weighted by Gasteiger charge is 2.23. The van der Waals surface area contributed by atoms with Crippen LogP contribution in [0.15, 0.2) is 86.3 Å². The van der Waals surface area contributed by atoms with Crippen molar-refractivity contribution in [3.8, 4) is 17.0 Å². The summed E-state index contributed by atoms with van der Waals surface area (Å²) in [6, 6.07) is 16.6. The van der Waals surface area contributed by atoms with Gasteiger partial charge in [-0.1, -0.05) is 30.0 Å². The van der Waals surface area contributed by atoms with E-state index in [0.29, 0.717) is 21.6 Å². The van der Waals surface area contributed by atoms with Crippen LogP contribution in [0.3, 0.4) is 0 Å². The average Bonchev–Trinajstić information content (AvgIpc) is 3.51. The van der Waals surface area contributed by atoms with Crippen LogP contribution in [-0.2, 0) is 11.2 Å². The molecule has 0 radical (unpaired) electrons. The smallest absolute Gasteiger partial charge is 0.272 e. The first-order valence-electron chi connectivity index (χ1n) is 9.96. The molecule has 0 fully saturated rings. The molecule has 0 spiro atoms. The molecule has 4 heterocycles. The van der Waals surface area contributed by atoms with Crippen molar-refractivity contribution < 1.29 is 9.21 Å². The van der Waals surface area contributed by atoms with Gasteiger partial charge in [-0.05, 0) is 36.4 Å². The molecule has 3 aromatic heterocycles. The van der Waals surface area contributed by atoms with Crippen molar-refractivity contribution in [1.82, 2.24) is 14.5 Å². The lowest BCUT2D eigenvalue weighted by Crippen LogP contribution is -2.24. The van der Waals surface area contributed by atoms with E-state index in [4.69, 9.17) is 9.40 Å². The Hall–Kier alpha value is -3.30. The van der Waals surface area contributed by atoms with Crippen LogP contribution in [0.25, 0.3) is 17.0 Å². The van der Waals surface area contributed by atoms with Gasteiger partial charge in [0.15, 0.2) is 5.16 Å². The van der Waals surface area contributed by atoms with Crippen molar-refractivity contribution in [3.05, 3.63) is 83.1 Å². The molecule has 160 valence electrons. The SMILES string of the molecule is O=C(CSc1nc2c(c(=O)n1-c1ccccc1)SCC2)Nc1ccc(-c2ccco2)cn1. The molecule has 9 heteroatoms. The molecule has 0 saturated carbocycles. The minimum absolute atomic E-state index is 0.0817. The van der Waals surface area contributed by atoms with Gasteiger partial charge >= 0.3 is 0 Å². The molecule has 7 nitrogen and oxygen atoms in total. The lowest BCUT2D eigenvalue weighted by Gasteiger charge is -2.13. The number of nitrogens with one attached hydrogen (secondary N) is 1. The van der Waals surface area contributed by atoms with Crippen LogP contribution >= 0.6 is 23.5 Å². The number of amides is 1. The third-order valence-corrected chi connectivity index (χ3v) is 6.90. The molecule has 1 amide bonds. The molecule has 5 rings (SSSR count). The van der Waals surface area contributed by atoms with Crippen LogP contribution in [0, 0.1) is 0 Å². The van der Waals surface area contributed by atoms with E-state index in [-0.39, 0.29) is 17.2 Å². The highest BCUT2D eigenvalue weighted by atomic mass is 32.2. The predicted molar refractivity (Wildman–Crippen MR) is 126 cm³/mol. The maximum Gasteiger partial charge on any atom is 0.272 e. The summed E-state index contributed by atoms with van der Waals surface area (Å²) in [5.41, 5.74) is 2.29.